The summed E-state index contributed by atoms with van der Waals surface area (Å²) in [6.45, 7) is 14.8. The minimum Gasteiger partial charge on any atom is -0.412 e. The number of hydrogen-bond acceptors (Lipinski definition) is 0. The van der Waals surface area contributed by atoms with Crippen molar-refractivity contribution < 1.29 is 5.48 Å². The van der Waals surface area contributed by atoms with Gasteiger partial charge < -0.3 is 5.48 Å². The Bertz CT molecular complexity index is 66.0. The molecule has 0 saturated carbocycles. The van der Waals surface area contributed by atoms with Gasteiger partial charge in [0.15, 0.2) is 0 Å². The van der Waals surface area contributed by atoms with E-state index in [9.17, 15) is 0 Å². The molecule has 0 atom stereocenters. The summed E-state index contributed by atoms with van der Waals surface area (Å²) in [5.74, 6) is 0. The molecule has 58 valence electrons. The average Bonchev–Trinajstić information content (AvgIpc) is 1.25. The largest absolute Gasteiger partial charge is 0.412 e. The molecule has 0 amide bonds. The molecule has 1 nitrogen and oxygen atoms in total. The Morgan fingerprint density at radius 2 is 0.667 bits per heavy atom. The Morgan fingerprint density at radius 3 is 0.667 bits per heavy atom. The van der Waals surface area contributed by atoms with Crippen LogP contribution in [0.3, 0.4) is 0 Å². The minimum absolute atomic E-state index is 0. The van der Waals surface area contributed by atoms with Crippen molar-refractivity contribution in [3.63, 3.8) is 0 Å². The van der Waals surface area contributed by atoms with Gasteiger partial charge in [0.2, 0.25) is 0 Å². The summed E-state index contributed by atoms with van der Waals surface area (Å²) in [4.78, 5) is 0. The monoisotopic (exact) mass is 164 g/mol. The SMILES string of the molecule is C[Si](C)(C)[Si](C)(C)C.O. The maximum Gasteiger partial charge on any atom is 0.0379 e. The lowest BCUT2D eigenvalue weighted by Crippen LogP contribution is -2.49. The Kier molecular flexibility index (Phi) is 4.02. The predicted molar refractivity (Wildman–Crippen MR) is 50.3 cm³/mol. The molecule has 0 spiro atoms. The van der Waals surface area contributed by atoms with Crippen molar-refractivity contribution in [2.75, 3.05) is 0 Å². The molecule has 0 bridgehead atoms. The number of rotatable bonds is 1. The average molecular weight is 164 g/mol. The Balaban J connectivity index is 0. The fraction of sp³-hybridized carbons (Fsp3) is 1.00. The third-order valence-electron chi connectivity index (χ3n) is 2.25. The summed E-state index contributed by atoms with van der Waals surface area (Å²) in [7, 11) is -1.44. The van der Waals surface area contributed by atoms with Crippen molar-refractivity contribution in [3.8, 4) is 0 Å². The second kappa shape index (κ2) is 2.99. The van der Waals surface area contributed by atoms with Gasteiger partial charge in [-0.2, -0.15) is 0 Å². The zero-order chi connectivity index (χ0) is 7.00. The van der Waals surface area contributed by atoms with E-state index in [-0.39, 0.29) is 5.48 Å². The first-order valence-corrected chi connectivity index (χ1v) is 11.2. The molecule has 0 saturated heterocycles. The maximum absolute atomic E-state index is 2.47. The van der Waals surface area contributed by atoms with E-state index < -0.39 is 15.2 Å². The Morgan fingerprint density at radius 1 is 0.556 bits per heavy atom. The van der Waals surface area contributed by atoms with Crippen LogP contribution in [0.1, 0.15) is 0 Å². The molecule has 3 heteroatoms. The standard InChI is InChI=1S/C6H18Si2.H2O/c1-7(2,3)8(4,5)6;/h1-6H3;1H2. The highest BCUT2D eigenvalue weighted by Gasteiger charge is 2.31. The first-order chi connectivity index (χ1) is 3.25. The minimum atomic E-state index is -0.720. The lowest BCUT2D eigenvalue weighted by Gasteiger charge is -2.30. The van der Waals surface area contributed by atoms with Crippen molar-refractivity contribution >= 4 is 15.2 Å². The van der Waals surface area contributed by atoms with E-state index in [1.54, 1.807) is 0 Å². The van der Waals surface area contributed by atoms with Crippen LogP contribution < -0.4 is 0 Å². The first kappa shape index (κ1) is 12.1. The molecule has 9 heavy (non-hydrogen) atoms. The van der Waals surface area contributed by atoms with Crippen molar-refractivity contribution in [2.45, 2.75) is 39.3 Å². The van der Waals surface area contributed by atoms with Crippen molar-refractivity contribution in [3.05, 3.63) is 0 Å². The zero-order valence-corrected chi connectivity index (χ0v) is 9.50. The lowest BCUT2D eigenvalue weighted by atomic mass is 11.8. The summed E-state index contributed by atoms with van der Waals surface area (Å²) in [5.41, 5.74) is 0. The summed E-state index contributed by atoms with van der Waals surface area (Å²) in [6, 6.07) is 0. The summed E-state index contributed by atoms with van der Waals surface area (Å²) >= 11 is 0. The van der Waals surface area contributed by atoms with Gasteiger partial charge in [-0.15, -0.1) is 0 Å². The molecule has 0 rings (SSSR count). The van der Waals surface area contributed by atoms with Gasteiger partial charge in [0, 0.05) is 15.2 Å². The van der Waals surface area contributed by atoms with Crippen LogP contribution in [0.25, 0.3) is 0 Å². The molecule has 0 aromatic carbocycles. The molecule has 2 N–H and O–H groups in total. The summed E-state index contributed by atoms with van der Waals surface area (Å²) in [5, 5.41) is 0. The van der Waals surface area contributed by atoms with Crippen LogP contribution in [0.5, 0.6) is 0 Å². The van der Waals surface area contributed by atoms with Crippen LogP contribution >= 0.6 is 0 Å². The van der Waals surface area contributed by atoms with E-state index in [2.05, 4.69) is 39.3 Å². The van der Waals surface area contributed by atoms with Gasteiger partial charge in [-0.3, -0.25) is 0 Å². The molecule has 0 aromatic rings. The highest BCUT2D eigenvalue weighted by Crippen LogP contribution is 2.16. The predicted octanol–water partition coefficient (Wildman–Crippen LogP) is 1.92. The van der Waals surface area contributed by atoms with Gasteiger partial charge in [0.25, 0.3) is 0 Å². The Hall–Kier alpha value is 0.394. The third-order valence-corrected chi connectivity index (χ3v) is 20.2. The van der Waals surface area contributed by atoms with E-state index in [0.29, 0.717) is 0 Å². The van der Waals surface area contributed by atoms with Gasteiger partial charge in [-0.25, -0.2) is 0 Å². The van der Waals surface area contributed by atoms with E-state index >= 15 is 0 Å². The molecular weight excluding hydrogens is 144 g/mol. The van der Waals surface area contributed by atoms with Crippen molar-refractivity contribution in [1.82, 2.24) is 0 Å². The highest BCUT2D eigenvalue weighted by molar-refractivity contribution is 7.39. The molecule has 0 aliphatic carbocycles. The second-order valence-corrected chi connectivity index (χ2v) is 22.5. The highest BCUT2D eigenvalue weighted by atomic mass is 29.3. The van der Waals surface area contributed by atoms with Crippen LogP contribution in [0.15, 0.2) is 0 Å². The molecule has 0 unspecified atom stereocenters. The fourth-order valence-electron chi connectivity index (χ4n) is 0. The lowest BCUT2D eigenvalue weighted by molar-refractivity contribution is 0.824. The fourth-order valence-corrected chi connectivity index (χ4v) is 0. The second-order valence-electron chi connectivity index (χ2n) is 4.50. The smallest absolute Gasteiger partial charge is 0.0379 e. The Labute approximate surface area is 60.6 Å². The van der Waals surface area contributed by atoms with Crippen molar-refractivity contribution in [2.24, 2.45) is 0 Å². The summed E-state index contributed by atoms with van der Waals surface area (Å²) < 4.78 is 0. The van der Waals surface area contributed by atoms with Gasteiger partial charge >= 0.3 is 0 Å². The first-order valence-electron chi connectivity index (χ1n) is 3.25. The zero-order valence-electron chi connectivity index (χ0n) is 7.50. The maximum atomic E-state index is 2.47. The molecule has 0 aromatic heterocycles. The molecule has 0 heterocycles. The van der Waals surface area contributed by atoms with Crippen LogP contribution in [-0.2, 0) is 0 Å². The topological polar surface area (TPSA) is 31.5 Å². The van der Waals surface area contributed by atoms with E-state index in [1.165, 1.54) is 0 Å². The molecule has 0 aliphatic heterocycles. The molecule has 0 aliphatic rings. The van der Waals surface area contributed by atoms with Crippen LogP contribution in [-0.4, -0.2) is 20.7 Å². The van der Waals surface area contributed by atoms with Gasteiger partial charge in [-0.05, 0) is 0 Å². The van der Waals surface area contributed by atoms with E-state index in [0.717, 1.165) is 0 Å². The number of hydrogen-bond donors (Lipinski definition) is 0. The van der Waals surface area contributed by atoms with Gasteiger partial charge in [0.1, 0.15) is 0 Å². The van der Waals surface area contributed by atoms with Crippen LogP contribution in [0.2, 0.25) is 39.3 Å². The molecular formula is C6H20OSi2. The van der Waals surface area contributed by atoms with Gasteiger partial charge in [0.05, 0.1) is 0 Å². The van der Waals surface area contributed by atoms with Crippen molar-refractivity contribution in [1.29, 1.82) is 0 Å². The van der Waals surface area contributed by atoms with Crippen LogP contribution in [0.4, 0.5) is 0 Å². The van der Waals surface area contributed by atoms with E-state index in [1.807, 2.05) is 0 Å². The third kappa shape index (κ3) is 3.89. The van der Waals surface area contributed by atoms with Gasteiger partial charge in [-0.1, -0.05) is 39.3 Å². The van der Waals surface area contributed by atoms with Crippen LogP contribution in [0, 0.1) is 0 Å². The summed E-state index contributed by atoms with van der Waals surface area (Å²) in [6.07, 6.45) is 0. The quantitative estimate of drug-likeness (QED) is 0.530. The normalized spacial score (nSPS) is 12.7. The van der Waals surface area contributed by atoms with E-state index in [4.69, 9.17) is 0 Å². The molecule has 0 radical (unpaired) electrons. The molecule has 0 fully saturated rings.